The Morgan fingerprint density at radius 3 is 2.56 bits per heavy atom. The lowest BCUT2D eigenvalue weighted by Crippen LogP contribution is -2.43. The van der Waals surface area contributed by atoms with Crippen molar-refractivity contribution in [2.45, 2.75) is 38.9 Å². The summed E-state index contributed by atoms with van der Waals surface area (Å²) in [6.07, 6.45) is 4.09. The van der Waals surface area contributed by atoms with Crippen LogP contribution in [0.5, 0.6) is 0 Å². The number of aryl methyl sites for hydroxylation is 1. The van der Waals surface area contributed by atoms with Crippen molar-refractivity contribution in [3.05, 3.63) is 34.3 Å². The molecule has 0 N–H and O–H groups in total. The molecule has 1 nitrogen and oxygen atoms in total. The van der Waals surface area contributed by atoms with E-state index in [0.717, 1.165) is 5.02 Å². The van der Waals surface area contributed by atoms with Gasteiger partial charge in [-0.2, -0.15) is 0 Å². The molecule has 100 valence electrons. The first kappa shape index (κ1) is 14.1. The highest BCUT2D eigenvalue weighted by molar-refractivity contribution is 6.77. The van der Waals surface area contributed by atoms with E-state index >= 15 is 0 Å². The van der Waals surface area contributed by atoms with Crippen molar-refractivity contribution < 1.29 is 0 Å². The van der Waals surface area contributed by atoms with Gasteiger partial charge in [0.2, 0.25) is 0 Å². The fourth-order valence-electron chi connectivity index (χ4n) is 2.96. The summed E-state index contributed by atoms with van der Waals surface area (Å²) in [5.74, 6) is 0. The highest BCUT2D eigenvalue weighted by Crippen LogP contribution is 2.25. The van der Waals surface area contributed by atoms with E-state index in [1.54, 1.807) is 0 Å². The lowest BCUT2D eigenvalue weighted by Gasteiger charge is -2.28. The molecule has 0 amide bonds. The van der Waals surface area contributed by atoms with Gasteiger partial charge in [-0.15, -0.1) is 0 Å². The van der Waals surface area contributed by atoms with Gasteiger partial charge in [0, 0.05) is 5.02 Å². The van der Waals surface area contributed by atoms with Crippen LogP contribution in [0.3, 0.4) is 0 Å². The average Bonchev–Trinajstić information content (AvgIpc) is 2.76. The number of rotatable bonds is 4. The third-order valence-electron chi connectivity index (χ3n) is 3.79. The summed E-state index contributed by atoms with van der Waals surface area (Å²) in [5.41, 5.74) is 2.56. The van der Waals surface area contributed by atoms with Crippen LogP contribution >= 0.6 is 11.6 Å². The molecule has 1 aliphatic rings. The van der Waals surface area contributed by atoms with E-state index in [2.05, 4.69) is 43.1 Å². The molecule has 3 heteroatoms. The van der Waals surface area contributed by atoms with Crippen LogP contribution < -0.4 is 0 Å². The van der Waals surface area contributed by atoms with Crippen molar-refractivity contribution in [3.63, 3.8) is 0 Å². The molecule has 1 saturated heterocycles. The Balaban J connectivity index is 2.04. The molecule has 1 aromatic rings. The zero-order chi connectivity index (χ0) is 13.2. The molecule has 1 heterocycles. The first-order chi connectivity index (χ1) is 8.48. The Labute approximate surface area is 117 Å². The highest BCUT2D eigenvalue weighted by atomic mass is 35.5. The first-order valence-corrected chi connectivity index (χ1v) is 10.7. The molecule has 1 fully saturated rings. The maximum atomic E-state index is 6.42. The molecule has 0 atom stereocenters. The van der Waals surface area contributed by atoms with Gasteiger partial charge in [-0.3, -0.25) is 0 Å². The second-order valence-electron chi connectivity index (χ2n) is 6.37. The quantitative estimate of drug-likeness (QED) is 0.752. The van der Waals surface area contributed by atoms with Gasteiger partial charge in [-0.05, 0) is 56.2 Å². The Kier molecular flexibility index (Phi) is 4.52. The summed E-state index contributed by atoms with van der Waals surface area (Å²) < 4.78 is 0. The third-order valence-corrected chi connectivity index (χ3v) is 6.97. The lowest BCUT2D eigenvalue weighted by molar-refractivity contribution is 0.388. The van der Waals surface area contributed by atoms with Crippen LogP contribution in [0.15, 0.2) is 18.2 Å². The maximum Gasteiger partial charge on any atom is 0.0673 e. The van der Waals surface area contributed by atoms with Crippen LogP contribution in [0, 0.1) is 6.92 Å². The molecule has 18 heavy (non-hydrogen) atoms. The van der Waals surface area contributed by atoms with E-state index in [4.69, 9.17) is 11.6 Å². The van der Waals surface area contributed by atoms with E-state index in [9.17, 15) is 0 Å². The molecule has 0 unspecified atom stereocenters. The zero-order valence-electron chi connectivity index (χ0n) is 11.8. The van der Waals surface area contributed by atoms with E-state index in [0.29, 0.717) is 0 Å². The summed E-state index contributed by atoms with van der Waals surface area (Å²) >= 11 is 6.42. The number of halogens is 1. The Morgan fingerprint density at radius 2 is 1.89 bits per heavy atom. The van der Waals surface area contributed by atoms with Gasteiger partial charge in [0.05, 0.1) is 8.07 Å². The molecule has 1 aliphatic heterocycles. The van der Waals surface area contributed by atoms with Gasteiger partial charge in [-0.1, -0.05) is 42.9 Å². The largest absolute Gasteiger partial charge is 0.306 e. The molecular weight excluding hydrogens is 258 g/mol. The third kappa shape index (κ3) is 3.59. The molecular formula is C15H24ClNSi. The van der Waals surface area contributed by atoms with Crippen molar-refractivity contribution in [2.24, 2.45) is 0 Å². The minimum Gasteiger partial charge on any atom is -0.306 e. The van der Waals surface area contributed by atoms with Crippen LogP contribution in [0.25, 0.3) is 0 Å². The SMILES string of the molecule is Cc1cccc(C[Si](C)(C)CN2CCCC2)c1Cl. The maximum absolute atomic E-state index is 6.42. The average molecular weight is 282 g/mol. The molecule has 2 rings (SSSR count). The number of hydrogen-bond acceptors (Lipinski definition) is 1. The van der Waals surface area contributed by atoms with Gasteiger partial charge in [0.15, 0.2) is 0 Å². The summed E-state index contributed by atoms with van der Waals surface area (Å²) in [6, 6.07) is 7.63. The van der Waals surface area contributed by atoms with Crippen molar-refractivity contribution >= 4 is 19.7 Å². The lowest BCUT2D eigenvalue weighted by atomic mass is 10.2. The standard InChI is InChI=1S/C15H24ClNSi/c1-13-7-6-8-14(15(13)16)11-18(2,3)12-17-9-4-5-10-17/h6-8H,4-5,9-12H2,1-3H3. The predicted molar refractivity (Wildman–Crippen MR) is 83.0 cm³/mol. The van der Waals surface area contributed by atoms with Crippen LogP contribution in [-0.4, -0.2) is 32.2 Å². The number of benzene rings is 1. The molecule has 0 spiro atoms. The van der Waals surface area contributed by atoms with Crippen LogP contribution in [-0.2, 0) is 6.04 Å². The van der Waals surface area contributed by atoms with Crippen molar-refractivity contribution in [1.82, 2.24) is 4.90 Å². The minimum atomic E-state index is -1.22. The van der Waals surface area contributed by atoms with E-state index in [1.165, 1.54) is 49.3 Å². The van der Waals surface area contributed by atoms with Gasteiger partial charge in [0.25, 0.3) is 0 Å². The van der Waals surface area contributed by atoms with Gasteiger partial charge >= 0.3 is 0 Å². The van der Waals surface area contributed by atoms with E-state index < -0.39 is 8.07 Å². The molecule has 0 bridgehead atoms. The van der Waals surface area contributed by atoms with Gasteiger partial charge in [0.1, 0.15) is 0 Å². The van der Waals surface area contributed by atoms with Crippen molar-refractivity contribution in [1.29, 1.82) is 0 Å². The van der Waals surface area contributed by atoms with Crippen molar-refractivity contribution in [3.8, 4) is 0 Å². The van der Waals surface area contributed by atoms with Crippen molar-refractivity contribution in [2.75, 3.05) is 19.3 Å². The summed E-state index contributed by atoms with van der Waals surface area (Å²) in [4.78, 5) is 2.65. The highest BCUT2D eigenvalue weighted by Gasteiger charge is 2.26. The molecule has 1 aromatic carbocycles. The van der Waals surface area contributed by atoms with Crippen LogP contribution in [0.1, 0.15) is 24.0 Å². The first-order valence-electron chi connectivity index (χ1n) is 6.94. The van der Waals surface area contributed by atoms with E-state index in [-0.39, 0.29) is 0 Å². The molecule has 0 saturated carbocycles. The second-order valence-corrected chi connectivity index (χ2v) is 11.7. The van der Waals surface area contributed by atoms with Crippen LogP contribution in [0.2, 0.25) is 18.1 Å². The monoisotopic (exact) mass is 281 g/mol. The molecule has 0 radical (unpaired) electrons. The summed E-state index contributed by atoms with van der Waals surface area (Å²) in [6.45, 7) is 9.69. The minimum absolute atomic E-state index is 0.986. The Bertz CT molecular complexity index is 411. The van der Waals surface area contributed by atoms with Gasteiger partial charge in [-0.25, -0.2) is 0 Å². The Hall–Kier alpha value is -0.313. The molecule has 0 aliphatic carbocycles. The van der Waals surface area contributed by atoms with Gasteiger partial charge < -0.3 is 4.90 Å². The normalized spacial score (nSPS) is 17.3. The Morgan fingerprint density at radius 1 is 1.22 bits per heavy atom. The van der Waals surface area contributed by atoms with E-state index in [1.807, 2.05) is 0 Å². The summed E-state index contributed by atoms with van der Waals surface area (Å²) in [5, 5.41) is 0.986. The smallest absolute Gasteiger partial charge is 0.0673 e. The number of nitrogens with zero attached hydrogens (tertiary/aromatic N) is 1. The summed E-state index contributed by atoms with van der Waals surface area (Å²) in [7, 11) is -1.22. The fraction of sp³-hybridized carbons (Fsp3) is 0.600. The predicted octanol–water partition coefficient (Wildman–Crippen LogP) is 4.07. The zero-order valence-corrected chi connectivity index (χ0v) is 13.6. The molecule has 0 aromatic heterocycles. The fourth-order valence-corrected chi connectivity index (χ4v) is 6.23. The second kappa shape index (κ2) is 5.77. The number of likely N-dealkylation sites (tertiary alicyclic amines) is 1. The topological polar surface area (TPSA) is 3.24 Å². The number of hydrogen-bond donors (Lipinski definition) is 0. The van der Waals surface area contributed by atoms with Crippen LogP contribution in [0.4, 0.5) is 0 Å².